The summed E-state index contributed by atoms with van der Waals surface area (Å²) in [6.07, 6.45) is 4.76. The first-order valence-electron chi connectivity index (χ1n) is 9.87. The molecule has 0 aliphatic carbocycles. The molecule has 0 amide bonds. The van der Waals surface area contributed by atoms with Gasteiger partial charge in [0.05, 0.1) is 5.69 Å². The zero-order chi connectivity index (χ0) is 21.6. The molecule has 1 atom stereocenters. The Bertz CT molecular complexity index is 1170. The highest BCUT2D eigenvalue weighted by molar-refractivity contribution is 5.85. The highest BCUT2D eigenvalue weighted by atomic mass is 16.4. The number of nitrogens with one attached hydrogen (secondary N) is 2. The highest BCUT2D eigenvalue weighted by Gasteiger charge is 2.10. The number of nitrogens with zero attached hydrogens (tertiary/aromatic N) is 2. The topological polar surface area (TPSA) is 100 Å². The van der Waals surface area contributed by atoms with Crippen molar-refractivity contribution in [2.45, 2.75) is 19.5 Å². The number of hydrogen-bond acceptors (Lipinski definition) is 6. The number of rotatable bonds is 8. The third-order valence-corrected chi connectivity index (χ3v) is 4.85. The van der Waals surface area contributed by atoms with Gasteiger partial charge in [0, 0.05) is 30.5 Å². The van der Waals surface area contributed by atoms with Crippen molar-refractivity contribution in [3.05, 3.63) is 96.1 Å². The Morgan fingerprint density at radius 3 is 2.68 bits per heavy atom. The van der Waals surface area contributed by atoms with E-state index in [-0.39, 0.29) is 17.8 Å². The van der Waals surface area contributed by atoms with Crippen molar-refractivity contribution < 1.29 is 14.3 Å². The minimum absolute atomic E-state index is 0.128. The average Bonchev–Trinajstić information content (AvgIpc) is 3.28. The number of benzene rings is 2. The van der Waals surface area contributed by atoms with E-state index in [4.69, 9.17) is 9.52 Å². The quantitative estimate of drug-likeness (QED) is 0.363. The van der Waals surface area contributed by atoms with Gasteiger partial charge in [0.2, 0.25) is 0 Å². The summed E-state index contributed by atoms with van der Waals surface area (Å²) in [6.45, 7) is 2.57. The van der Waals surface area contributed by atoms with E-state index in [1.807, 2.05) is 48.8 Å². The summed E-state index contributed by atoms with van der Waals surface area (Å²) >= 11 is 0. The number of carboxylic acids is 1. The molecule has 2 aromatic carbocycles. The molecule has 0 aliphatic rings. The van der Waals surface area contributed by atoms with E-state index in [9.17, 15) is 4.79 Å². The van der Waals surface area contributed by atoms with Crippen LogP contribution in [0.5, 0.6) is 0 Å². The van der Waals surface area contributed by atoms with Crippen LogP contribution in [0, 0.1) is 0 Å². The van der Waals surface area contributed by atoms with Crippen LogP contribution in [0.3, 0.4) is 0 Å². The molecule has 2 aromatic heterocycles. The van der Waals surface area contributed by atoms with Crippen LogP contribution in [0.2, 0.25) is 0 Å². The molecular weight excluding hydrogens is 392 g/mol. The first-order valence-corrected chi connectivity index (χ1v) is 9.87. The SMILES string of the molecule is C[C@H](Nc1cncc(-c2cccc(CNc3nc(C(=O)O)co3)c2)c1)c1ccccc1. The summed E-state index contributed by atoms with van der Waals surface area (Å²) in [4.78, 5) is 19.2. The average molecular weight is 414 g/mol. The van der Waals surface area contributed by atoms with E-state index in [1.54, 1.807) is 0 Å². The Morgan fingerprint density at radius 2 is 1.90 bits per heavy atom. The number of carbonyl (C=O) groups is 1. The second-order valence-corrected chi connectivity index (χ2v) is 7.14. The molecule has 0 radical (unpaired) electrons. The van der Waals surface area contributed by atoms with Gasteiger partial charge in [-0.3, -0.25) is 4.98 Å². The lowest BCUT2D eigenvalue weighted by molar-refractivity contribution is 0.0690. The van der Waals surface area contributed by atoms with Crippen molar-refractivity contribution in [1.29, 1.82) is 0 Å². The molecule has 0 saturated heterocycles. The van der Waals surface area contributed by atoms with E-state index >= 15 is 0 Å². The molecule has 0 aliphatic heterocycles. The number of aromatic nitrogens is 2. The Hall–Kier alpha value is -4.13. The summed E-state index contributed by atoms with van der Waals surface area (Å²) in [5.74, 6) is -1.12. The largest absolute Gasteiger partial charge is 0.476 e. The van der Waals surface area contributed by atoms with E-state index in [1.165, 1.54) is 5.56 Å². The van der Waals surface area contributed by atoms with Crippen LogP contribution >= 0.6 is 0 Å². The van der Waals surface area contributed by atoms with Crippen molar-refractivity contribution in [2.24, 2.45) is 0 Å². The number of anilines is 2. The number of hydrogen-bond donors (Lipinski definition) is 3. The van der Waals surface area contributed by atoms with Gasteiger partial charge in [-0.25, -0.2) is 4.79 Å². The predicted molar refractivity (Wildman–Crippen MR) is 119 cm³/mol. The summed E-state index contributed by atoms with van der Waals surface area (Å²) < 4.78 is 5.13. The smallest absolute Gasteiger partial charge is 0.357 e. The van der Waals surface area contributed by atoms with E-state index in [0.717, 1.165) is 28.6 Å². The standard InChI is InChI=1S/C24H22N4O3/c1-16(18-7-3-2-4-8-18)27-21-11-20(13-25-14-21)19-9-5-6-17(10-19)12-26-24-28-22(15-31-24)23(29)30/h2-11,13-16,27H,12H2,1H3,(H,26,28)(H,29,30)/t16-/m0/s1. The zero-order valence-electron chi connectivity index (χ0n) is 16.9. The lowest BCUT2D eigenvalue weighted by Crippen LogP contribution is -2.06. The molecular formula is C24H22N4O3. The van der Waals surface area contributed by atoms with Crippen molar-refractivity contribution in [3.63, 3.8) is 0 Å². The molecule has 7 heteroatoms. The maximum Gasteiger partial charge on any atom is 0.357 e. The van der Waals surface area contributed by atoms with Crippen molar-refractivity contribution >= 4 is 17.7 Å². The molecule has 0 unspecified atom stereocenters. The first-order chi connectivity index (χ1) is 15.1. The Kier molecular flexibility index (Phi) is 5.93. The van der Waals surface area contributed by atoms with E-state index in [0.29, 0.717) is 6.54 Å². The molecule has 4 aromatic rings. The van der Waals surface area contributed by atoms with Crippen LogP contribution in [0.15, 0.2) is 83.7 Å². The van der Waals surface area contributed by atoms with E-state index in [2.05, 4.69) is 51.8 Å². The fraction of sp³-hybridized carbons (Fsp3) is 0.125. The monoisotopic (exact) mass is 414 g/mol. The van der Waals surface area contributed by atoms with Gasteiger partial charge in [-0.1, -0.05) is 48.5 Å². The highest BCUT2D eigenvalue weighted by Crippen LogP contribution is 2.25. The molecule has 4 rings (SSSR count). The first kappa shape index (κ1) is 20.2. The number of pyridine rings is 1. The van der Waals surface area contributed by atoms with Gasteiger partial charge in [0.25, 0.3) is 6.01 Å². The molecule has 2 heterocycles. The lowest BCUT2D eigenvalue weighted by Gasteiger charge is -2.16. The zero-order valence-corrected chi connectivity index (χ0v) is 16.9. The minimum atomic E-state index is -1.12. The van der Waals surface area contributed by atoms with Gasteiger partial charge in [0.1, 0.15) is 6.26 Å². The number of oxazole rings is 1. The molecule has 31 heavy (non-hydrogen) atoms. The molecule has 0 saturated carbocycles. The Labute approximate surface area is 179 Å². The van der Waals surface area contributed by atoms with Gasteiger partial charge >= 0.3 is 5.97 Å². The number of aromatic carboxylic acids is 1. The summed E-state index contributed by atoms with van der Waals surface area (Å²) in [5, 5.41) is 15.4. The van der Waals surface area contributed by atoms with E-state index < -0.39 is 5.97 Å². The van der Waals surface area contributed by atoms with Crippen molar-refractivity contribution in [1.82, 2.24) is 9.97 Å². The Balaban J connectivity index is 1.45. The second kappa shape index (κ2) is 9.13. The summed E-state index contributed by atoms with van der Waals surface area (Å²) in [7, 11) is 0. The minimum Gasteiger partial charge on any atom is -0.476 e. The van der Waals surface area contributed by atoms with Crippen LogP contribution in [0.25, 0.3) is 11.1 Å². The molecule has 0 bridgehead atoms. The number of carboxylic acid groups (broad SMARTS) is 1. The molecule has 156 valence electrons. The fourth-order valence-electron chi connectivity index (χ4n) is 3.24. The molecule has 0 spiro atoms. The summed E-state index contributed by atoms with van der Waals surface area (Å²) in [5.41, 5.74) is 5.05. The van der Waals surface area contributed by atoms with Gasteiger partial charge in [-0.15, -0.1) is 0 Å². The van der Waals surface area contributed by atoms with Crippen LogP contribution in [0.1, 0.15) is 34.6 Å². The third-order valence-electron chi connectivity index (χ3n) is 4.85. The normalized spacial score (nSPS) is 11.6. The van der Waals surface area contributed by atoms with Crippen LogP contribution in [-0.2, 0) is 6.54 Å². The van der Waals surface area contributed by atoms with Gasteiger partial charge in [-0.2, -0.15) is 4.98 Å². The second-order valence-electron chi connectivity index (χ2n) is 7.14. The molecule has 0 fully saturated rings. The maximum absolute atomic E-state index is 10.9. The van der Waals surface area contributed by atoms with Gasteiger partial charge in [-0.05, 0) is 35.7 Å². The van der Waals surface area contributed by atoms with Crippen LogP contribution in [-0.4, -0.2) is 21.0 Å². The lowest BCUT2D eigenvalue weighted by atomic mass is 10.0. The van der Waals surface area contributed by atoms with Crippen LogP contribution in [0.4, 0.5) is 11.7 Å². The molecule has 3 N–H and O–H groups in total. The van der Waals surface area contributed by atoms with Gasteiger partial charge < -0.3 is 20.2 Å². The summed E-state index contributed by atoms with van der Waals surface area (Å²) in [6, 6.07) is 20.7. The van der Waals surface area contributed by atoms with Crippen molar-refractivity contribution in [2.75, 3.05) is 10.6 Å². The molecule has 7 nitrogen and oxygen atoms in total. The Morgan fingerprint density at radius 1 is 1.06 bits per heavy atom. The van der Waals surface area contributed by atoms with Crippen LogP contribution < -0.4 is 10.6 Å². The fourth-order valence-corrected chi connectivity index (χ4v) is 3.24. The predicted octanol–water partition coefficient (Wildman–Crippen LogP) is 5.22. The maximum atomic E-state index is 10.9. The third kappa shape index (κ3) is 5.08. The van der Waals surface area contributed by atoms with Crippen molar-refractivity contribution in [3.8, 4) is 11.1 Å². The van der Waals surface area contributed by atoms with Gasteiger partial charge in [0.15, 0.2) is 5.69 Å².